The quantitative estimate of drug-likeness (QED) is 0.317. The van der Waals surface area contributed by atoms with Crippen molar-refractivity contribution < 1.29 is 14.0 Å². The van der Waals surface area contributed by atoms with Gasteiger partial charge in [0.1, 0.15) is 5.76 Å². The lowest BCUT2D eigenvalue weighted by molar-refractivity contribution is -0.116. The Morgan fingerprint density at radius 2 is 1.76 bits per heavy atom. The van der Waals surface area contributed by atoms with Crippen LogP contribution in [0.15, 0.2) is 41.0 Å². The molecule has 34 heavy (non-hydrogen) atoms. The van der Waals surface area contributed by atoms with E-state index in [1.165, 1.54) is 19.3 Å². The largest absolute Gasteiger partial charge is 0.467 e. The molecule has 0 unspecified atom stereocenters. The summed E-state index contributed by atoms with van der Waals surface area (Å²) in [6, 6.07) is 9.64. The van der Waals surface area contributed by atoms with Crippen molar-refractivity contribution >= 4 is 23.2 Å². The summed E-state index contributed by atoms with van der Waals surface area (Å²) in [6.45, 7) is 7.38. The number of unbranched alkanes of at least 4 members (excludes halogenated alkanes) is 5. The molecule has 2 heterocycles. The van der Waals surface area contributed by atoms with E-state index in [9.17, 15) is 9.59 Å². The molecule has 2 amide bonds. The third kappa shape index (κ3) is 7.64. The van der Waals surface area contributed by atoms with Gasteiger partial charge in [-0.1, -0.05) is 46.0 Å². The number of hydrogen-bond donors (Lipinski definition) is 1. The van der Waals surface area contributed by atoms with Gasteiger partial charge in [-0.25, -0.2) is 0 Å². The van der Waals surface area contributed by atoms with Crippen molar-refractivity contribution in [3.63, 3.8) is 0 Å². The minimum absolute atomic E-state index is 0.0160. The summed E-state index contributed by atoms with van der Waals surface area (Å²) in [5, 5.41) is 3.03. The van der Waals surface area contributed by atoms with Crippen LogP contribution in [0.25, 0.3) is 0 Å². The Hall–Kier alpha value is -2.76. The molecule has 1 N–H and O–H groups in total. The number of rotatable bonds is 14. The molecule has 1 fully saturated rings. The molecular formula is C28H41N3O3. The molecule has 0 bridgehead atoms. The molecule has 0 spiro atoms. The number of hydrogen-bond acceptors (Lipinski definition) is 4. The molecule has 1 aromatic heterocycles. The van der Waals surface area contributed by atoms with E-state index < -0.39 is 0 Å². The summed E-state index contributed by atoms with van der Waals surface area (Å²) in [7, 11) is 0. The zero-order valence-electron chi connectivity index (χ0n) is 21.0. The van der Waals surface area contributed by atoms with Crippen LogP contribution < -0.4 is 10.2 Å². The summed E-state index contributed by atoms with van der Waals surface area (Å²) in [5.74, 6) is 0.933. The monoisotopic (exact) mass is 467 g/mol. The van der Waals surface area contributed by atoms with E-state index in [2.05, 4.69) is 24.1 Å². The van der Waals surface area contributed by atoms with Crippen LogP contribution >= 0.6 is 0 Å². The first-order valence-corrected chi connectivity index (χ1v) is 13.1. The van der Waals surface area contributed by atoms with Gasteiger partial charge in [0, 0.05) is 31.7 Å². The number of carbonyl (C=O) groups is 2. The standard InChI is InChI=1S/C28H41N3O3/c1-3-5-7-8-9-14-27(32)29-23-15-16-26(25(21-23)28(33)30-18-10-11-19-30)31(17-6-4-2)22-24-13-12-20-34-24/h12-13,15-16,20-21H,3-11,14,17-19,22H2,1-2H3,(H,29,32). The SMILES string of the molecule is CCCCCCCC(=O)Nc1ccc(N(CCCC)Cc2ccco2)c(C(=O)N2CCCC2)c1. The van der Waals surface area contributed by atoms with Crippen LogP contribution in [0.1, 0.15) is 94.2 Å². The summed E-state index contributed by atoms with van der Waals surface area (Å²) in [6.07, 6.45) is 11.9. The zero-order chi connectivity index (χ0) is 24.2. The van der Waals surface area contributed by atoms with Crippen LogP contribution in [0.2, 0.25) is 0 Å². The highest BCUT2D eigenvalue weighted by molar-refractivity contribution is 6.02. The molecule has 0 atom stereocenters. The summed E-state index contributed by atoms with van der Waals surface area (Å²) < 4.78 is 5.61. The highest BCUT2D eigenvalue weighted by Gasteiger charge is 2.25. The lowest BCUT2D eigenvalue weighted by Gasteiger charge is -2.28. The number of furan rings is 1. The molecule has 3 rings (SSSR count). The normalized spacial score (nSPS) is 13.3. The average molecular weight is 468 g/mol. The predicted octanol–water partition coefficient (Wildman–Crippen LogP) is 6.62. The van der Waals surface area contributed by atoms with E-state index in [-0.39, 0.29) is 11.8 Å². The van der Waals surface area contributed by atoms with Crippen molar-refractivity contribution in [1.82, 2.24) is 4.90 Å². The fourth-order valence-electron chi connectivity index (χ4n) is 4.49. The number of benzene rings is 1. The van der Waals surface area contributed by atoms with Crippen LogP contribution in [0.4, 0.5) is 11.4 Å². The molecule has 1 aliphatic rings. The summed E-state index contributed by atoms with van der Waals surface area (Å²) >= 11 is 0. The van der Waals surface area contributed by atoms with Gasteiger partial charge in [0.15, 0.2) is 0 Å². The first-order valence-electron chi connectivity index (χ1n) is 13.1. The second kappa shape index (κ2) is 13.8. The van der Waals surface area contributed by atoms with Gasteiger partial charge in [0.2, 0.25) is 5.91 Å². The van der Waals surface area contributed by atoms with E-state index in [0.717, 1.165) is 69.6 Å². The van der Waals surface area contributed by atoms with Gasteiger partial charge >= 0.3 is 0 Å². The molecule has 1 saturated heterocycles. The smallest absolute Gasteiger partial charge is 0.256 e. The van der Waals surface area contributed by atoms with Crippen molar-refractivity contribution in [2.75, 3.05) is 29.9 Å². The van der Waals surface area contributed by atoms with Gasteiger partial charge in [-0.15, -0.1) is 0 Å². The molecule has 186 valence electrons. The van der Waals surface area contributed by atoms with Crippen LogP contribution in [-0.2, 0) is 11.3 Å². The van der Waals surface area contributed by atoms with E-state index in [1.807, 2.05) is 35.2 Å². The molecule has 1 aliphatic heterocycles. The van der Waals surface area contributed by atoms with Gasteiger partial charge in [-0.05, 0) is 56.0 Å². The maximum Gasteiger partial charge on any atom is 0.256 e. The molecule has 0 saturated carbocycles. The first-order chi connectivity index (χ1) is 16.6. The van der Waals surface area contributed by atoms with Crippen LogP contribution in [0.3, 0.4) is 0 Å². The Bertz CT molecular complexity index is 888. The number of anilines is 2. The molecule has 2 aromatic rings. The Morgan fingerprint density at radius 3 is 2.47 bits per heavy atom. The summed E-state index contributed by atoms with van der Waals surface area (Å²) in [5.41, 5.74) is 2.25. The van der Waals surface area contributed by atoms with Gasteiger partial charge in [-0.3, -0.25) is 9.59 Å². The minimum atomic E-state index is 0.0160. The Balaban J connectivity index is 1.79. The second-order valence-corrected chi connectivity index (χ2v) is 9.30. The number of carbonyl (C=O) groups excluding carboxylic acids is 2. The van der Waals surface area contributed by atoms with Crippen LogP contribution in [0, 0.1) is 0 Å². The minimum Gasteiger partial charge on any atom is -0.467 e. The fourth-order valence-corrected chi connectivity index (χ4v) is 4.49. The molecule has 1 aromatic carbocycles. The number of likely N-dealkylation sites (tertiary alicyclic amines) is 1. The second-order valence-electron chi connectivity index (χ2n) is 9.30. The van der Waals surface area contributed by atoms with E-state index >= 15 is 0 Å². The third-order valence-electron chi connectivity index (χ3n) is 6.46. The third-order valence-corrected chi connectivity index (χ3v) is 6.46. The lowest BCUT2D eigenvalue weighted by Crippen LogP contribution is -2.31. The summed E-state index contributed by atoms with van der Waals surface area (Å²) in [4.78, 5) is 30.2. The van der Waals surface area contributed by atoms with E-state index in [1.54, 1.807) is 6.26 Å². The van der Waals surface area contributed by atoms with E-state index in [0.29, 0.717) is 24.2 Å². The number of amides is 2. The van der Waals surface area contributed by atoms with Crippen molar-refractivity contribution in [3.05, 3.63) is 47.9 Å². The average Bonchev–Trinajstić information content (AvgIpc) is 3.56. The lowest BCUT2D eigenvalue weighted by atomic mass is 10.1. The van der Waals surface area contributed by atoms with Gasteiger partial charge < -0.3 is 19.5 Å². The van der Waals surface area contributed by atoms with E-state index in [4.69, 9.17) is 4.42 Å². The Labute approximate surface area is 204 Å². The zero-order valence-corrected chi connectivity index (χ0v) is 21.0. The topological polar surface area (TPSA) is 65.8 Å². The molecular weight excluding hydrogens is 426 g/mol. The van der Waals surface area contributed by atoms with Crippen molar-refractivity contribution in [2.24, 2.45) is 0 Å². The van der Waals surface area contributed by atoms with Crippen LogP contribution in [0.5, 0.6) is 0 Å². The van der Waals surface area contributed by atoms with Gasteiger partial charge in [0.05, 0.1) is 24.1 Å². The fraction of sp³-hybridized carbons (Fsp3) is 0.571. The highest BCUT2D eigenvalue weighted by atomic mass is 16.3. The Morgan fingerprint density at radius 1 is 1.00 bits per heavy atom. The molecule has 6 nitrogen and oxygen atoms in total. The first kappa shape index (κ1) is 25.9. The molecule has 0 radical (unpaired) electrons. The predicted molar refractivity (Wildman–Crippen MR) is 138 cm³/mol. The number of nitrogens with one attached hydrogen (secondary N) is 1. The number of nitrogens with zero attached hydrogens (tertiary/aromatic N) is 2. The maximum absolute atomic E-state index is 13.5. The Kier molecular flexibility index (Phi) is 10.5. The van der Waals surface area contributed by atoms with Crippen LogP contribution in [-0.4, -0.2) is 36.3 Å². The van der Waals surface area contributed by atoms with Crippen molar-refractivity contribution in [2.45, 2.75) is 84.6 Å². The van der Waals surface area contributed by atoms with Crippen molar-refractivity contribution in [3.8, 4) is 0 Å². The highest BCUT2D eigenvalue weighted by Crippen LogP contribution is 2.29. The molecule has 0 aliphatic carbocycles. The van der Waals surface area contributed by atoms with Gasteiger partial charge in [0.25, 0.3) is 5.91 Å². The maximum atomic E-state index is 13.5. The van der Waals surface area contributed by atoms with Crippen molar-refractivity contribution in [1.29, 1.82) is 0 Å². The molecule has 6 heteroatoms. The van der Waals surface area contributed by atoms with Gasteiger partial charge in [-0.2, -0.15) is 0 Å².